The molecule has 4 nitrogen and oxygen atoms in total. The van der Waals surface area contributed by atoms with Gasteiger partial charge in [0, 0.05) is 19.1 Å². The van der Waals surface area contributed by atoms with Gasteiger partial charge in [0.05, 0.1) is 11.3 Å². The number of halogens is 1. The Hall–Kier alpha value is -1.62. The number of carbonyl (C=O) groups is 1. The summed E-state index contributed by atoms with van der Waals surface area (Å²) < 4.78 is 13.9. The molecule has 0 bridgehead atoms. The van der Waals surface area contributed by atoms with Gasteiger partial charge in [-0.25, -0.2) is 4.39 Å². The van der Waals surface area contributed by atoms with Crippen LogP contribution in [0.5, 0.6) is 0 Å². The first-order valence-corrected chi connectivity index (χ1v) is 7.54. The van der Waals surface area contributed by atoms with Gasteiger partial charge in [0.15, 0.2) is 0 Å². The minimum absolute atomic E-state index is 0.145. The van der Waals surface area contributed by atoms with E-state index < -0.39 is 0 Å². The van der Waals surface area contributed by atoms with E-state index in [1.807, 2.05) is 6.92 Å². The summed E-state index contributed by atoms with van der Waals surface area (Å²) in [6.45, 7) is 6.53. The van der Waals surface area contributed by atoms with Crippen LogP contribution in [0.2, 0.25) is 0 Å². The third kappa shape index (κ3) is 3.73. The molecule has 1 saturated heterocycles. The van der Waals surface area contributed by atoms with Crippen LogP contribution < -0.4 is 10.6 Å². The largest absolute Gasteiger partial charge is 0.382 e. The van der Waals surface area contributed by atoms with Crippen molar-refractivity contribution in [1.82, 2.24) is 10.2 Å². The van der Waals surface area contributed by atoms with Gasteiger partial charge in [-0.1, -0.05) is 13.0 Å². The van der Waals surface area contributed by atoms with Gasteiger partial charge in [-0.15, -0.1) is 0 Å². The average molecular weight is 293 g/mol. The number of nitrogens with one attached hydrogen (secondary N) is 2. The molecular weight excluding hydrogens is 269 g/mol. The monoisotopic (exact) mass is 293 g/mol. The van der Waals surface area contributed by atoms with E-state index in [-0.39, 0.29) is 23.5 Å². The summed E-state index contributed by atoms with van der Waals surface area (Å²) in [6.07, 6.45) is 0.926. The normalized spacial score (nSPS) is 22.9. The molecule has 1 aliphatic heterocycles. The van der Waals surface area contributed by atoms with Crippen molar-refractivity contribution in [2.75, 3.05) is 32.0 Å². The van der Waals surface area contributed by atoms with E-state index in [2.05, 4.69) is 29.5 Å². The number of likely N-dealkylation sites (tertiary alicyclic amines) is 1. The Kier molecular flexibility index (Phi) is 5.17. The molecule has 2 N–H and O–H groups in total. The Morgan fingerprint density at radius 1 is 1.48 bits per heavy atom. The topological polar surface area (TPSA) is 44.4 Å². The summed E-state index contributed by atoms with van der Waals surface area (Å²) in [6, 6.07) is 4.75. The molecule has 1 aromatic carbocycles. The van der Waals surface area contributed by atoms with E-state index in [0.717, 1.165) is 19.5 Å². The molecule has 116 valence electrons. The quantitative estimate of drug-likeness (QED) is 0.895. The number of amides is 1. The van der Waals surface area contributed by atoms with Crippen LogP contribution >= 0.6 is 0 Å². The van der Waals surface area contributed by atoms with Gasteiger partial charge < -0.3 is 15.5 Å². The lowest BCUT2D eigenvalue weighted by Crippen LogP contribution is -2.49. The molecule has 21 heavy (non-hydrogen) atoms. The minimum atomic E-state index is -0.388. The first-order valence-electron chi connectivity index (χ1n) is 7.54. The highest BCUT2D eigenvalue weighted by Crippen LogP contribution is 2.21. The van der Waals surface area contributed by atoms with Crippen molar-refractivity contribution in [3.63, 3.8) is 0 Å². The summed E-state index contributed by atoms with van der Waals surface area (Å²) in [5.41, 5.74) is 0.668. The maximum absolute atomic E-state index is 13.9. The minimum Gasteiger partial charge on any atom is -0.382 e. The summed E-state index contributed by atoms with van der Waals surface area (Å²) in [7, 11) is 2.09. The average Bonchev–Trinajstić information content (AvgIpc) is 2.44. The van der Waals surface area contributed by atoms with Crippen LogP contribution in [0.1, 0.15) is 30.6 Å². The molecule has 0 aromatic heterocycles. The third-order valence-corrected chi connectivity index (χ3v) is 4.04. The number of para-hydroxylation sites is 1. The SMILES string of the molecule is CCNc1c(F)cccc1C(=O)NC1CCN(C)CC1C. The van der Waals surface area contributed by atoms with Gasteiger partial charge in [-0.3, -0.25) is 4.79 Å². The predicted octanol–water partition coefficient (Wildman–Crippen LogP) is 2.33. The number of piperidine rings is 1. The second-order valence-corrected chi connectivity index (χ2v) is 5.80. The molecule has 1 amide bonds. The van der Waals surface area contributed by atoms with Crippen LogP contribution in [0, 0.1) is 11.7 Å². The van der Waals surface area contributed by atoms with Crippen molar-refractivity contribution in [3.05, 3.63) is 29.6 Å². The Labute approximate surface area is 125 Å². The molecule has 2 rings (SSSR count). The number of rotatable bonds is 4. The van der Waals surface area contributed by atoms with Crippen LogP contribution in [0.3, 0.4) is 0 Å². The Morgan fingerprint density at radius 2 is 2.24 bits per heavy atom. The molecule has 2 atom stereocenters. The van der Waals surface area contributed by atoms with Gasteiger partial charge in [0.1, 0.15) is 5.82 Å². The number of anilines is 1. The lowest BCUT2D eigenvalue weighted by Gasteiger charge is -2.35. The number of hydrogen-bond donors (Lipinski definition) is 2. The zero-order chi connectivity index (χ0) is 15.4. The van der Waals surface area contributed by atoms with Crippen molar-refractivity contribution in [1.29, 1.82) is 0 Å². The zero-order valence-electron chi connectivity index (χ0n) is 12.9. The summed E-state index contributed by atoms with van der Waals surface area (Å²) in [4.78, 5) is 14.7. The Balaban J connectivity index is 2.12. The molecule has 1 heterocycles. The fourth-order valence-corrected chi connectivity index (χ4v) is 2.88. The molecule has 0 aliphatic carbocycles. The maximum atomic E-state index is 13.9. The molecule has 5 heteroatoms. The number of benzene rings is 1. The lowest BCUT2D eigenvalue weighted by atomic mass is 9.94. The van der Waals surface area contributed by atoms with Crippen LogP contribution in [-0.4, -0.2) is 43.5 Å². The van der Waals surface area contributed by atoms with E-state index in [4.69, 9.17) is 0 Å². The van der Waals surface area contributed by atoms with Gasteiger partial charge >= 0.3 is 0 Å². The first-order chi connectivity index (χ1) is 10.0. The van der Waals surface area contributed by atoms with Crippen molar-refractivity contribution >= 4 is 11.6 Å². The van der Waals surface area contributed by atoms with E-state index >= 15 is 0 Å². The highest BCUT2D eigenvalue weighted by molar-refractivity contribution is 5.99. The van der Waals surface area contributed by atoms with Crippen LogP contribution in [0.25, 0.3) is 0 Å². The van der Waals surface area contributed by atoms with E-state index in [1.54, 1.807) is 12.1 Å². The van der Waals surface area contributed by atoms with E-state index in [1.165, 1.54) is 6.07 Å². The molecule has 1 fully saturated rings. The molecule has 1 aliphatic rings. The molecule has 0 spiro atoms. The van der Waals surface area contributed by atoms with Crippen molar-refractivity contribution in [2.45, 2.75) is 26.3 Å². The lowest BCUT2D eigenvalue weighted by molar-refractivity contribution is 0.0884. The molecule has 1 aromatic rings. The van der Waals surface area contributed by atoms with Crippen molar-refractivity contribution in [2.24, 2.45) is 5.92 Å². The van der Waals surface area contributed by atoms with Gasteiger partial charge in [0.25, 0.3) is 5.91 Å². The predicted molar refractivity (Wildman–Crippen MR) is 83.1 cm³/mol. The summed E-state index contributed by atoms with van der Waals surface area (Å²) in [5.74, 6) is -0.198. The molecule has 0 saturated carbocycles. The van der Waals surface area contributed by atoms with Crippen LogP contribution in [0.15, 0.2) is 18.2 Å². The molecule has 2 unspecified atom stereocenters. The van der Waals surface area contributed by atoms with E-state index in [0.29, 0.717) is 18.0 Å². The van der Waals surface area contributed by atoms with Gasteiger partial charge in [-0.2, -0.15) is 0 Å². The Morgan fingerprint density at radius 3 is 2.90 bits per heavy atom. The fraction of sp³-hybridized carbons (Fsp3) is 0.562. The summed E-state index contributed by atoms with van der Waals surface area (Å²) >= 11 is 0. The number of hydrogen-bond acceptors (Lipinski definition) is 3. The Bertz CT molecular complexity index is 506. The standard InChI is InChI=1S/C16H24FN3O/c1-4-18-15-12(6-5-7-13(15)17)16(21)19-14-8-9-20(3)10-11(14)2/h5-7,11,14,18H,4,8-10H2,1-3H3,(H,19,21). The summed E-state index contributed by atoms with van der Waals surface area (Å²) in [5, 5.41) is 6.00. The van der Waals surface area contributed by atoms with Gasteiger partial charge in [-0.05, 0) is 45.0 Å². The smallest absolute Gasteiger partial charge is 0.253 e. The zero-order valence-corrected chi connectivity index (χ0v) is 12.9. The van der Waals surface area contributed by atoms with Crippen LogP contribution in [-0.2, 0) is 0 Å². The van der Waals surface area contributed by atoms with E-state index in [9.17, 15) is 9.18 Å². The fourth-order valence-electron chi connectivity index (χ4n) is 2.88. The highest BCUT2D eigenvalue weighted by atomic mass is 19.1. The highest BCUT2D eigenvalue weighted by Gasteiger charge is 2.26. The maximum Gasteiger partial charge on any atom is 0.253 e. The van der Waals surface area contributed by atoms with Crippen molar-refractivity contribution < 1.29 is 9.18 Å². The third-order valence-electron chi connectivity index (χ3n) is 4.04. The first kappa shape index (κ1) is 15.8. The number of nitrogens with zero attached hydrogens (tertiary/aromatic N) is 1. The molecule has 0 radical (unpaired) electrons. The van der Waals surface area contributed by atoms with Crippen molar-refractivity contribution in [3.8, 4) is 0 Å². The second-order valence-electron chi connectivity index (χ2n) is 5.80. The van der Waals surface area contributed by atoms with Gasteiger partial charge in [0.2, 0.25) is 0 Å². The van der Waals surface area contributed by atoms with Crippen LogP contribution in [0.4, 0.5) is 10.1 Å². The second kappa shape index (κ2) is 6.89. The molecular formula is C16H24FN3O. The number of carbonyl (C=O) groups excluding carboxylic acids is 1.